The molecule has 1 heterocycles. The molecule has 1 aromatic heterocycles. The molecule has 0 aliphatic heterocycles. The second-order valence-electron chi connectivity index (χ2n) is 3.18. The number of sulfone groups is 1. The first-order valence-corrected chi connectivity index (χ1v) is 6.20. The highest BCUT2D eigenvalue weighted by Crippen LogP contribution is 2.11. The van der Waals surface area contributed by atoms with Crippen LogP contribution in [0.3, 0.4) is 0 Å². The van der Waals surface area contributed by atoms with Gasteiger partial charge in [-0.25, -0.2) is 23.4 Å². The summed E-state index contributed by atoms with van der Waals surface area (Å²) in [6.07, 6.45) is 1.05. The Balaban J connectivity index is 3.18. The quantitative estimate of drug-likeness (QED) is 0.620. The van der Waals surface area contributed by atoms with Gasteiger partial charge in [-0.1, -0.05) is 6.58 Å². The first-order valence-electron chi connectivity index (χ1n) is 4.31. The highest BCUT2D eigenvalue weighted by molar-refractivity contribution is 7.90. The maximum absolute atomic E-state index is 11.3. The number of hydrogen-bond acceptors (Lipinski definition) is 6. The SMILES string of the molecule is C=NC(=C)Nc1cc(C)nc(S(C)(=O)=O)n1. The lowest BCUT2D eigenvalue weighted by Crippen LogP contribution is -2.08. The van der Waals surface area contributed by atoms with Gasteiger partial charge in [-0.05, 0) is 13.6 Å². The first-order chi connectivity index (χ1) is 7.32. The van der Waals surface area contributed by atoms with E-state index in [1.165, 1.54) is 0 Å². The Labute approximate surface area is 94.1 Å². The molecule has 6 nitrogen and oxygen atoms in total. The normalized spacial score (nSPS) is 10.9. The van der Waals surface area contributed by atoms with Crippen molar-refractivity contribution in [1.29, 1.82) is 0 Å². The largest absolute Gasteiger partial charge is 0.325 e. The number of hydrogen-bond donors (Lipinski definition) is 1. The molecule has 0 aromatic carbocycles. The van der Waals surface area contributed by atoms with Crippen LogP contribution in [-0.4, -0.2) is 31.4 Å². The number of aryl methyl sites for hydroxylation is 1. The molecule has 0 bridgehead atoms. The molecule has 0 fully saturated rings. The van der Waals surface area contributed by atoms with Gasteiger partial charge in [0.05, 0.1) is 0 Å². The maximum Gasteiger partial charge on any atom is 0.248 e. The number of anilines is 1. The average molecular weight is 240 g/mol. The van der Waals surface area contributed by atoms with Gasteiger partial charge in [0.15, 0.2) is 0 Å². The summed E-state index contributed by atoms with van der Waals surface area (Å²) in [5.41, 5.74) is 0.537. The zero-order valence-corrected chi connectivity index (χ0v) is 9.87. The lowest BCUT2D eigenvalue weighted by atomic mass is 10.4. The number of nitrogens with zero attached hydrogens (tertiary/aromatic N) is 3. The average Bonchev–Trinajstić information content (AvgIpc) is 2.15. The Hall–Kier alpha value is -1.76. The van der Waals surface area contributed by atoms with Crippen LogP contribution in [0.5, 0.6) is 0 Å². The zero-order valence-electron chi connectivity index (χ0n) is 9.06. The summed E-state index contributed by atoms with van der Waals surface area (Å²) in [7, 11) is -3.43. The van der Waals surface area contributed by atoms with Gasteiger partial charge in [-0.2, -0.15) is 0 Å². The second kappa shape index (κ2) is 4.40. The minimum atomic E-state index is -3.43. The Kier molecular flexibility index (Phi) is 3.38. The number of rotatable bonds is 4. The fourth-order valence-electron chi connectivity index (χ4n) is 0.959. The van der Waals surface area contributed by atoms with Crippen molar-refractivity contribution in [3.05, 3.63) is 24.2 Å². The molecule has 1 N–H and O–H groups in total. The third kappa shape index (κ3) is 3.13. The van der Waals surface area contributed by atoms with E-state index in [2.05, 4.69) is 33.6 Å². The molecular weight excluding hydrogens is 228 g/mol. The maximum atomic E-state index is 11.3. The smallest absolute Gasteiger partial charge is 0.248 e. The van der Waals surface area contributed by atoms with Gasteiger partial charge in [0.2, 0.25) is 15.0 Å². The summed E-state index contributed by atoms with van der Waals surface area (Å²) in [6.45, 7) is 8.49. The summed E-state index contributed by atoms with van der Waals surface area (Å²) in [4.78, 5) is 11.2. The predicted octanol–water partition coefficient (Wildman–Crippen LogP) is 0.772. The molecule has 0 saturated carbocycles. The van der Waals surface area contributed by atoms with Crippen molar-refractivity contribution in [1.82, 2.24) is 9.97 Å². The van der Waals surface area contributed by atoms with Crippen LogP contribution in [-0.2, 0) is 9.84 Å². The Bertz CT molecular complexity index is 536. The van der Waals surface area contributed by atoms with Gasteiger partial charge >= 0.3 is 0 Å². The van der Waals surface area contributed by atoms with Gasteiger partial charge < -0.3 is 5.32 Å². The zero-order chi connectivity index (χ0) is 12.3. The Morgan fingerprint density at radius 1 is 1.50 bits per heavy atom. The highest BCUT2D eigenvalue weighted by atomic mass is 32.2. The van der Waals surface area contributed by atoms with Gasteiger partial charge in [0.1, 0.15) is 11.6 Å². The number of aromatic nitrogens is 2. The fourth-order valence-corrected chi connectivity index (χ4v) is 1.53. The summed E-state index contributed by atoms with van der Waals surface area (Å²) in [5, 5.41) is 2.48. The van der Waals surface area contributed by atoms with E-state index in [0.717, 1.165) is 6.26 Å². The molecule has 7 heteroatoms. The Morgan fingerprint density at radius 3 is 2.62 bits per heavy atom. The van der Waals surface area contributed by atoms with Crippen molar-refractivity contribution in [2.24, 2.45) is 4.99 Å². The number of aliphatic imine (C=N–C) groups is 1. The van der Waals surface area contributed by atoms with Crippen LogP contribution in [0, 0.1) is 6.92 Å². The molecule has 16 heavy (non-hydrogen) atoms. The number of nitrogens with one attached hydrogen (secondary N) is 1. The third-order valence-corrected chi connectivity index (χ3v) is 2.47. The van der Waals surface area contributed by atoms with Crippen LogP contribution in [0.4, 0.5) is 5.82 Å². The second-order valence-corrected chi connectivity index (χ2v) is 5.09. The van der Waals surface area contributed by atoms with Crippen LogP contribution >= 0.6 is 0 Å². The predicted molar refractivity (Wildman–Crippen MR) is 62.2 cm³/mol. The van der Waals surface area contributed by atoms with E-state index < -0.39 is 9.84 Å². The molecule has 0 atom stereocenters. The van der Waals surface area contributed by atoms with Crippen LogP contribution in [0.1, 0.15) is 5.69 Å². The van der Waals surface area contributed by atoms with E-state index in [-0.39, 0.29) is 11.0 Å². The van der Waals surface area contributed by atoms with Crippen molar-refractivity contribution in [2.75, 3.05) is 11.6 Å². The van der Waals surface area contributed by atoms with E-state index in [1.54, 1.807) is 13.0 Å². The molecule has 0 aliphatic rings. The minimum absolute atomic E-state index is 0.230. The van der Waals surface area contributed by atoms with Crippen molar-refractivity contribution in [3.8, 4) is 0 Å². The molecule has 86 valence electrons. The van der Waals surface area contributed by atoms with Crippen molar-refractivity contribution >= 4 is 22.4 Å². The van der Waals surface area contributed by atoms with Gasteiger partial charge in [-0.15, -0.1) is 0 Å². The topological polar surface area (TPSA) is 84.3 Å². The van der Waals surface area contributed by atoms with Crippen molar-refractivity contribution in [3.63, 3.8) is 0 Å². The molecule has 1 rings (SSSR count). The monoisotopic (exact) mass is 240 g/mol. The van der Waals surface area contributed by atoms with Gasteiger partial charge in [0.25, 0.3) is 0 Å². The molecule has 0 saturated heterocycles. The summed E-state index contributed by atoms with van der Waals surface area (Å²) in [6, 6.07) is 1.59. The van der Waals surface area contributed by atoms with Crippen LogP contribution in [0.2, 0.25) is 0 Å². The van der Waals surface area contributed by atoms with Crippen molar-refractivity contribution in [2.45, 2.75) is 12.1 Å². The van der Waals surface area contributed by atoms with E-state index >= 15 is 0 Å². The first kappa shape index (κ1) is 12.3. The highest BCUT2D eigenvalue weighted by Gasteiger charge is 2.12. The fraction of sp³-hybridized carbons (Fsp3) is 0.222. The summed E-state index contributed by atoms with van der Waals surface area (Å²) < 4.78 is 22.6. The van der Waals surface area contributed by atoms with Crippen LogP contribution in [0.15, 0.2) is 28.6 Å². The molecule has 0 amide bonds. The van der Waals surface area contributed by atoms with Gasteiger partial charge in [0, 0.05) is 18.0 Å². The molecule has 1 aromatic rings. The lowest BCUT2D eigenvalue weighted by molar-refractivity contribution is 0.592. The molecule has 0 unspecified atom stereocenters. The van der Waals surface area contributed by atoms with E-state index in [4.69, 9.17) is 0 Å². The standard InChI is InChI=1S/C9H12N4O2S/c1-6-5-8(12-7(2)10-3)13-9(11-6)16(4,14)15/h5H,2-3H2,1,4H3,(H,11,12,13). The summed E-state index contributed by atoms with van der Waals surface area (Å²) >= 11 is 0. The third-order valence-electron chi connectivity index (χ3n) is 1.63. The lowest BCUT2D eigenvalue weighted by Gasteiger charge is -2.06. The van der Waals surface area contributed by atoms with Gasteiger partial charge in [-0.3, -0.25) is 0 Å². The van der Waals surface area contributed by atoms with Crippen LogP contribution < -0.4 is 5.32 Å². The Morgan fingerprint density at radius 2 is 2.12 bits per heavy atom. The molecule has 0 aliphatic carbocycles. The molecule has 0 radical (unpaired) electrons. The van der Waals surface area contributed by atoms with E-state index in [0.29, 0.717) is 11.5 Å². The van der Waals surface area contributed by atoms with Crippen molar-refractivity contribution < 1.29 is 8.42 Å². The molecule has 0 spiro atoms. The van der Waals surface area contributed by atoms with E-state index in [1.807, 2.05) is 0 Å². The van der Waals surface area contributed by atoms with E-state index in [9.17, 15) is 8.42 Å². The minimum Gasteiger partial charge on any atom is -0.325 e. The summed E-state index contributed by atoms with van der Waals surface area (Å²) in [5.74, 6) is 0.614. The van der Waals surface area contributed by atoms with Crippen LogP contribution in [0.25, 0.3) is 0 Å². The molecular formula is C9H12N4O2S.